The highest BCUT2D eigenvalue weighted by atomic mass is 16.7. The molecule has 1 fully saturated rings. The van der Waals surface area contributed by atoms with E-state index in [0.717, 1.165) is 12.2 Å². The minimum atomic E-state index is -0.951. The first-order chi connectivity index (χ1) is 8.97. The van der Waals surface area contributed by atoms with Crippen LogP contribution in [0.2, 0.25) is 0 Å². The van der Waals surface area contributed by atoms with Crippen LogP contribution in [-0.4, -0.2) is 52.5 Å². The largest absolute Gasteiger partial charge is 0.352 e. The van der Waals surface area contributed by atoms with Gasteiger partial charge in [-0.15, -0.1) is 0 Å². The number of carbonyl (C=O) groups is 5. The molecule has 1 saturated heterocycles. The molecule has 2 heterocycles. The van der Waals surface area contributed by atoms with Crippen LogP contribution in [0.1, 0.15) is 12.8 Å². The maximum absolute atomic E-state index is 11.5. The van der Waals surface area contributed by atoms with Crippen LogP contribution in [0.5, 0.6) is 0 Å². The van der Waals surface area contributed by atoms with Crippen LogP contribution in [0.4, 0.5) is 0 Å². The molecule has 8 nitrogen and oxygen atoms in total. The molecule has 0 aromatic heterocycles. The Morgan fingerprint density at radius 2 is 1.74 bits per heavy atom. The van der Waals surface area contributed by atoms with E-state index in [9.17, 15) is 24.0 Å². The van der Waals surface area contributed by atoms with Gasteiger partial charge in [-0.3, -0.25) is 24.1 Å². The van der Waals surface area contributed by atoms with Gasteiger partial charge in [0, 0.05) is 25.0 Å². The Hall–Kier alpha value is -2.51. The van der Waals surface area contributed by atoms with Crippen LogP contribution < -0.4 is 0 Å². The van der Waals surface area contributed by atoms with Crippen molar-refractivity contribution >= 4 is 29.5 Å². The maximum atomic E-state index is 11.5. The van der Waals surface area contributed by atoms with Crippen LogP contribution in [0, 0.1) is 0 Å². The number of piperidine rings is 1. The molecule has 3 amide bonds. The van der Waals surface area contributed by atoms with Gasteiger partial charge in [-0.2, -0.15) is 5.06 Å². The monoisotopic (exact) mass is 266 g/mol. The minimum absolute atomic E-state index is 0.0186. The summed E-state index contributed by atoms with van der Waals surface area (Å²) < 4.78 is 0. The number of rotatable bonds is 3. The topological polar surface area (TPSA) is 101 Å². The van der Waals surface area contributed by atoms with Crippen LogP contribution in [0.15, 0.2) is 12.2 Å². The van der Waals surface area contributed by atoms with Crippen molar-refractivity contribution in [3.63, 3.8) is 0 Å². The van der Waals surface area contributed by atoms with E-state index in [-0.39, 0.29) is 25.2 Å². The molecular formula is C11H10N2O6. The number of nitrogens with zero attached hydrogens (tertiary/aromatic N) is 2. The summed E-state index contributed by atoms with van der Waals surface area (Å²) >= 11 is 0. The summed E-state index contributed by atoms with van der Waals surface area (Å²) in [4.78, 5) is 61.8. The van der Waals surface area contributed by atoms with Gasteiger partial charge in [-0.05, 0) is 0 Å². The summed E-state index contributed by atoms with van der Waals surface area (Å²) in [5, 5.41) is 0.659. The average molecular weight is 266 g/mol. The number of carbonyl (C=O) groups excluding carboxylic acids is 5. The lowest BCUT2D eigenvalue weighted by Gasteiger charge is -2.24. The molecule has 0 radical (unpaired) electrons. The van der Waals surface area contributed by atoms with Gasteiger partial charge >= 0.3 is 5.97 Å². The number of amides is 3. The number of hydroxylamine groups is 2. The fraction of sp³-hybridized carbons (Fsp3) is 0.364. The molecule has 2 aliphatic heterocycles. The summed E-state index contributed by atoms with van der Waals surface area (Å²) in [6.07, 6.45) is 2.17. The molecule has 0 N–H and O–H groups in total. The summed E-state index contributed by atoms with van der Waals surface area (Å²) in [5.41, 5.74) is 0. The standard InChI is InChI=1S/C11H10N2O6/c14-7-1-2-10(17)13(5-7)19-11(18)6-12-8(15)3-4-9(12)16/h3-4H,1-2,5-6H2. The predicted molar refractivity (Wildman–Crippen MR) is 57.9 cm³/mol. The van der Waals surface area contributed by atoms with Crippen molar-refractivity contribution in [3.8, 4) is 0 Å². The van der Waals surface area contributed by atoms with Crippen molar-refractivity contribution < 1.29 is 28.8 Å². The molecular weight excluding hydrogens is 256 g/mol. The average Bonchev–Trinajstić information content (AvgIpc) is 2.65. The number of hydrogen-bond donors (Lipinski definition) is 0. The summed E-state index contributed by atoms with van der Waals surface area (Å²) in [5.74, 6) is -2.90. The van der Waals surface area contributed by atoms with Gasteiger partial charge in [0.1, 0.15) is 13.1 Å². The third-order valence-corrected chi connectivity index (χ3v) is 2.62. The van der Waals surface area contributed by atoms with Crippen molar-refractivity contribution in [1.82, 2.24) is 9.96 Å². The van der Waals surface area contributed by atoms with Crippen molar-refractivity contribution in [2.45, 2.75) is 12.8 Å². The maximum Gasteiger partial charge on any atom is 0.352 e. The quantitative estimate of drug-likeness (QED) is 0.580. The van der Waals surface area contributed by atoms with E-state index in [2.05, 4.69) is 4.84 Å². The Balaban J connectivity index is 1.91. The normalized spacial score (nSPS) is 19.4. The highest BCUT2D eigenvalue weighted by Crippen LogP contribution is 2.09. The fourth-order valence-electron chi connectivity index (χ4n) is 1.65. The molecule has 0 spiro atoms. The second kappa shape index (κ2) is 5.01. The van der Waals surface area contributed by atoms with E-state index in [1.54, 1.807) is 0 Å². The van der Waals surface area contributed by atoms with Crippen LogP contribution in [0.25, 0.3) is 0 Å². The van der Waals surface area contributed by atoms with Gasteiger partial charge in [0.15, 0.2) is 5.78 Å². The Bertz CT molecular complexity index is 491. The first-order valence-corrected chi connectivity index (χ1v) is 5.54. The van der Waals surface area contributed by atoms with Gasteiger partial charge in [-0.25, -0.2) is 4.79 Å². The minimum Gasteiger partial charge on any atom is -0.336 e. The second-order valence-corrected chi connectivity index (χ2v) is 4.03. The molecule has 0 unspecified atom stereocenters. The SMILES string of the molecule is O=C1CCC(=O)N(OC(=O)CN2C(=O)C=CC2=O)C1. The zero-order valence-electron chi connectivity index (χ0n) is 9.83. The van der Waals surface area contributed by atoms with E-state index in [1.807, 2.05) is 0 Å². The smallest absolute Gasteiger partial charge is 0.336 e. The number of hydrogen-bond acceptors (Lipinski definition) is 6. The Morgan fingerprint density at radius 1 is 1.11 bits per heavy atom. The lowest BCUT2D eigenvalue weighted by molar-refractivity contribution is -0.202. The van der Waals surface area contributed by atoms with Gasteiger partial charge in [0.2, 0.25) is 0 Å². The van der Waals surface area contributed by atoms with E-state index >= 15 is 0 Å². The van der Waals surface area contributed by atoms with E-state index in [1.165, 1.54) is 0 Å². The summed E-state index contributed by atoms with van der Waals surface area (Å²) in [6, 6.07) is 0. The first kappa shape index (κ1) is 12.9. The molecule has 19 heavy (non-hydrogen) atoms. The second-order valence-electron chi connectivity index (χ2n) is 4.03. The highest BCUT2D eigenvalue weighted by molar-refractivity contribution is 6.14. The molecule has 0 saturated carbocycles. The molecule has 0 atom stereocenters. The fourth-order valence-corrected chi connectivity index (χ4v) is 1.65. The van der Waals surface area contributed by atoms with E-state index < -0.39 is 30.2 Å². The number of Topliss-reactive ketones (excluding diaryl/α,β-unsaturated/α-hetero) is 1. The molecule has 0 aromatic carbocycles. The van der Waals surface area contributed by atoms with Crippen molar-refractivity contribution in [2.24, 2.45) is 0 Å². The first-order valence-electron chi connectivity index (χ1n) is 5.54. The van der Waals surface area contributed by atoms with Gasteiger partial charge in [0.05, 0.1) is 0 Å². The van der Waals surface area contributed by atoms with E-state index in [4.69, 9.17) is 0 Å². The van der Waals surface area contributed by atoms with Crippen molar-refractivity contribution in [1.29, 1.82) is 0 Å². The van der Waals surface area contributed by atoms with Crippen LogP contribution in [-0.2, 0) is 28.8 Å². The molecule has 0 aliphatic carbocycles. The molecule has 0 aromatic rings. The Morgan fingerprint density at radius 3 is 2.37 bits per heavy atom. The summed E-state index contributed by atoms with van der Waals surface area (Å²) in [7, 11) is 0. The third-order valence-electron chi connectivity index (χ3n) is 2.62. The Labute approximate surface area is 107 Å². The lowest BCUT2D eigenvalue weighted by Crippen LogP contribution is -2.44. The number of imide groups is 1. The molecule has 2 rings (SSSR count). The molecule has 2 aliphatic rings. The van der Waals surface area contributed by atoms with Crippen LogP contribution in [0.3, 0.4) is 0 Å². The van der Waals surface area contributed by atoms with E-state index in [0.29, 0.717) is 9.96 Å². The van der Waals surface area contributed by atoms with Crippen LogP contribution >= 0.6 is 0 Å². The zero-order valence-corrected chi connectivity index (χ0v) is 9.83. The summed E-state index contributed by atoms with van der Waals surface area (Å²) in [6.45, 7) is -0.895. The van der Waals surface area contributed by atoms with Gasteiger partial charge in [-0.1, -0.05) is 0 Å². The molecule has 100 valence electrons. The highest BCUT2D eigenvalue weighted by Gasteiger charge is 2.30. The molecule has 8 heteroatoms. The number of ketones is 1. The van der Waals surface area contributed by atoms with Gasteiger partial charge < -0.3 is 4.84 Å². The predicted octanol–water partition coefficient (Wildman–Crippen LogP) is -1.44. The zero-order chi connectivity index (χ0) is 14.0. The van der Waals surface area contributed by atoms with Crippen molar-refractivity contribution in [2.75, 3.05) is 13.1 Å². The third kappa shape index (κ3) is 2.84. The Kier molecular flexibility index (Phi) is 3.41. The van der Waals surface area contributed by atoms with Gasteiger partial charge in [0.25, 0.3) is 17.7 Å². The van der Waals surface area contributed by atoms with Crippen molar-refractivity contribution in [3.05, 3.63) is 12.2 Å². The lowest BCUT2D eigenvalue weighted by atomic mass is 10.1. The molecule has 0 bridgehead atoms.